The molecule has 0 aromatic carbocycles. The summed E-state index contributed by atoms with van der Waals surface area (Å²) in [6.07, 6.45) is 0. The van der Waals surface area contributed by atoms with Crippen molar-refractivity contribution in [1.82, 2.24) is 25.2 Å². The molecule has 2 aromatic heterocycles. The third-order valence-corrected chi connectivity index (χ3v) is 3.52. The molecule has 0 amide bonds. The maximum atomic E-state index is 5.33. The Hall–Kier alpha value is -1.96. The van der Waals surface area contributed by atoms with Gasteiger partial charge in [-0.1, -0.05) is 24.2 Å². The van der Waals surface area contributed by atoms with Gasteiger partial charge in [-0.25, -0.2) is 0 Å². The maximum absolute atomic E-state index is 5.33. The zero-order valence-electron chi connectivity index (χ0n) is 12.6. The number of rotatable bonds is 4. The average molecular weight is 292 g/mol. The van der Waals surface area contributed by atoms with E-state index < -0.39 is 0 Å². The second-order valence-electron chi connectivity index (χ2n) is 5.58. The first kappa shape index (κ1) is 14.0. The minimum absolute atomic E-state index is 0.283. The topological polar surface area (TPSA) is 84.3 Å². The van der Waals surface area contributed by atoms with Crippen molar-refractivity contribution in [2.75, 3.05) is 31.1 Å². The first-order valence-corrected chi connectivity index (χ1v) is 7.22. The number of piperazine rings is 1. The number of hydrogen-bond donors (Lipinski definition) is 0. The fourth-order valence-corrected chi connectivity index (χ4v) is 2.29. The van der Waals surface area contributed by atoms with Crippen LogP contribution in [0.3, 0.4) is 0 Å². The summed E-state index contributed by atoms with van der Waals surface area (Å²) in [5, 5.41) is 7.93. The Bertz CT molecular complexity index is 585. The van der Waals surface area contributed by atoms with Crippen molar-refractivity contribution in [3.63, 3.8) is 0 Å². The SMILES string of the molecule is Cc1nc(CN2CCN(c3nc(C(C)C)no3)CC2)no1. The summed E-state index contributed by atoms with van der Waals surface area (Å²) in [6, 6.07) is 0.619. The molecule has 1 aliphatic rings. The fourth-order valence-electron chi connectivity index (χ4n) is 2.29. The zero-order valence-corrected chi connectivity index (χ0v) is 12.6. The van der Waals surface area contributed by atoms with Crippen LogP contribution in [-0.2, 0) is 6.54 Å². The Labute approximate surface area is 123 Å². The Kier molecular flexibility index (Phi) is 3.87. The van der Waals surface area contributed by atoms with Gasteiger partial charge in [-0.15, -0.1) is 0 Å². The Morgan fingerprint density at radius 1 is 1.05 bits per heavy atom. The summed E-state index contributed by atoms with van der Waals surface area (Å²) in [6.45, 7) is 10.2. The number of nitrogens with zero attached hydrogens (tertiary/aromatic N) is 6. The first-order chi connectivity index (χ1) is 10.1. The molecular weight excluding hydrogens is 272 g/mol. The molecule has 3 rings (SSSR count). The van der Waals surface area contributed by atoms with Crippen LogP contribution in [0.5, 0.6) is 0 Å². The van der Waals surface area contributed by atoms with Crippen LogP contribution in [-0.4, -0.2) is 51.4 Å². The maximum Gasteiger partial charge on any atom is 0.324 e. The van der Waals surface area contributed by atoms with E-state index in [4.69, 9.17) is 9.05 Å². The molecule has 0 unspecified atom stereocenters. The number of aryl methyl sites for hydroxylation is 1. The summed E-state index contributed by atoms with van der Waals surface area (Å²) in [5.74, 6) is 2.39. The van der Waals surface area contributed by atoms with Gasteiger partial charge in [0.1, 0.15) is 0 Å². The number of hydrogen-bond acceptors (Lipinski definition) is 8. The lowest BCUT2D eigenvalue weighted by molar-refractivity contribution is 0.233. The van der Waals surface area contributed by atoms with E-state index in [1.165, 1.54) is 0 Å². The molecule has 8 heteroatoms. The first-order valence-electron chi connectivity index (χ1n) is 7.22. The monoisotopic (exact) mass is 292 g/mol. The van der Waals surface area contributed by atoms with Crippen LogP contribution in [0.25, 0.3) is 0 Å². The lowest BCUT2D eigenvalue weighted by Gasteiger charge is -2.32. The number of anilines is 1. The lowest BCUT2D eigenvalue weighted by atomic mass is 10.2. The highest BCUT2D eigenvalue weighted by molar-refractivity contribution is 5.26. The zero-order chi connectivity index (χ0) is 14.8. The van der Waals surface area contributed by atoms with E-state index >= 15 is 0 Å². The molecule has 0 bridgehead atoms. The second-order valence-corrected chi connectivity index (χ2v) is 5.58. The second kappa shape index (κ2) is 5.80. The highest BCUT2D eigenvalue weighted by atomic mass is 16.5. The van der Waals surface area contributed by atoms with E-state index in [-0.39, 0.29) is 5.92 Å². The average Bonchev–Trinajstić information content (AvgIpc) is 3.09. The fraction of sp³-hybridized carbons (Fsp3) is 0.692. The largest absolute Gasteiger partial charge is 0.340 e. The molecule has 1 saturated heterocycles. The van der Waals surface area contributed by atoms with Gasteiger partial charge >= 0.3 is 6.01 Å². The highest BCUT2D eigenvalue weighted by Gasteiger charge is 2.23. The standard InChI is InChI=1S/C13H20N6O2/c1-9(2)12-15-13(21-17-12)19-6-4-18(5-7-19)8-11-14-10(3)20-16-11/h9H,4-8H2,1-3H3. The van der Waals surface area contributed by atoms with Crippen LogP contribution in [0.15, 0.2) is 9.05 Å². The van der Waals surface area contributed by atoms with Gasteiger partial charge in [0.25, 0.3) is 0 Å². The predicted molar refractivity (Wildman–Crippen MR) is 74.9 cm³/mol. The van der Waals surface area contributed by atoms with Crippen LogP contribution >= 0.6 is 0 Å². The van der Waals surface area contributed by atoms with E-state index in [1.807, 2.05) is 0 Å². The molecule has 2 aromatic rings. The number of aromatic nitrogens is 4. The van der Waals surface area contributed by atoms with Crippen molar-refractivity contribution in [2.24, 2.45) is 0 Å². The van der Waals surface area contributed by atoms with Crippen molar-refractivity contribution in [1.29, 1.82) is 0 Å². The molecule has 21 heavy (non-hydrogen) atoms. The highest BCUT2D eigenvalue weighted by Crippen LogP contribution is 2.18. The van der Waals surface area contributed by atoms with Gasteiger partial charge in [0, 0.05) is 39.0 Å². The molecule has 0 spiro atoms. The van der Waals surface area contributed by atoms with Crippen molar-refractivity contribution in [2.45, 2.75) is 33.2 Å². The van der Waals surface area contributed by atoms with Crippen LogP contribution < -0.4 is 4.90 Å². The third-order valence-electron chi connectivity index (χ3n) is 3.52. The molecule has 1 fully saturated rings. The van der Waals surface area contributed by atoms with E-state index in [1.54, 1.807) is 6.92 Å². The van der Waals surface area contributed by atoms with Crippen molar-refractivity contribution in [3.05, 3.63) is 17.5 Å². The summed E-state index contributed by atoms with van der Waals surface area (Å²) >= 11 is 0. The summed E-state index contributed by atoms with van der Waals surface area (Å²) in [7, 11) is 0. The van der Waals surface area contributed by atoms with Gasteiger partial charge in [-0.3, -0.25) is 4.90 Å². The Morgan fingerprint density at radius 3 is 2.38 bits per heavy atom. The van der Waals surface area contributed by atoms with Crippen molar-refractivity contribution >= 4 is 6.01 Å². The van der Waals surface area contributed by atoms with Crippen LogP contribution in [0, 0.1) is 6.92 Å². The molecule has 0 N–H and O–H groups in total. The molecule has 114 valence electrons. The van der Waals surface area contributed by atoms with Crippen LogP contribution in [0.2, 0.25) is 0 Å². The van der Waals surface area contributed by atoms with Crippen molar-refractivity contribution in [3.8, 4) is 0 Å². The van der Waals surface area contributed by atoms with Gasteiger partial charge in [0.2, 0.25) is 5.89 Å². The predicted octanol–water partition coefficient (Wildman–Crippen LogP) is 1.21. The van der Waals surface area contributed by atoms with Gasteiger partial charge in [0.05, 0.1) is 6.54 Å². The molecule has 0 saturated carbocycles. The summed E-state index contributed by atoms with van der Waals surface area (Å²) in [4.78, 5) is 13.1. The third kappa shape index (κ3) is 3.21. The van der Waals surface area contributed by atoms with Gasteiger partial charge < -0.3 is 13.9 Å². The van der Waals surface area contributed by atoms with E-state index in [0.29, 0.717) is 18.5 Å². The molecule has 1 aliphatic heterocycles. The van der Waals surface area contributed by atoms with Gasteiger partial charge in [-0.05, 0) is 0 Å². The minimum atomic E-state index is 0.283. The molecular formula is C13H20N6O2. The molecule has 8 nitrogen and oxygen atoms in total. The van der Waals surface area contributed by atoms with Gasteiger partial charge in [-0.2, -0.15) is 9.97 Å². The van der Waals surface area contributed by atoms with Crippen molar-refractivity contribution < 1.29 is 9.05 Å². The van der Waals surface area contributed by atoms with E-state index in [9.17, 15) is 0 Å². The van der Waals surface area contributed by atoms with E-state index in [2.05, 4.69) is 43.9 Å². The van der Waals surface area contributed by atoms with Gasteiger partial charge in [0.15, 0.2) is 11.6 Å². The normalized spacial score (nSPS) is 16.9. The molecule has 0 radical (unpaired) electrons. The summed E-state index contributed by atoms with van der Waals surface area (Å²) < 4.78 is 10.3. The van der Waals surface area contributed by atoms with Crippen LogP contribution in [0.4, 0.5) is 6.01 Å². The smallest absolute Gasteiger partial charge is 0.324 e. The summed E-state index contributed by atoms with van der Waals surface area (Å²) in [5.41, 5.74) is 0. The molecule has 0 atom stereocenters. The van der Waals surface area contributed by atoms with Crippen LogP contribution in [0.1, 0.15) is 37.3 Å². The molecule has 0 aliphatic carbocycles. The molecule has 3 heterocycles. The quantitative estimate of drug-likeness (QED) is 0.831. The lowest BCUT2D eigenvalue weighted by Crippen LogP contribution is -2.46. The Balaban J connectivity index is 1.54. The van der Waals surface area contributed by atoms with E-state index in [0.717, 1.165) is 37.8 Å². The minimum Gasteiger partial charge on any atom is -0.340 e. The Morgan fingerprint density at radius 2 is 1.81 bits per heavy atom.